The maximum atomic E-state index is 13.6. The van der Waals surface area contributed by atoms with E-state index in [9.17, 15) is 4.39 Å². The first-order valence-corrected chi connectivity index (χ1v) is 5.07. The highest BCUT2D eigenvalue weighted by Gasteiger charge is 2.12. The van der Waals surface area contributed by atoms with Crippen LogP contribution < -0.4 is 4.74 Å². The van der Waals surface area contributed by atoms with E-state index in [0.717, 1.165) is 5.56 Å². The van der Waals surface area contributed by atoms with E-state index in [0.29, 0.717) is 17.7 Å². The molecule has 1 aromatic rings. The van der Waals surface area contributed by atoms with E-state index >= 15 is 0 Å². The highest BCUT2D eigenvalue weighted by molar-refractivity contribution is 5.39. The lowest BCUT2D eigenvalue weighted by Crippen LogP contribution is -2.01. The van der Waals surface area contributed by atoms with Crippen LogP contribution in [0, 0.1) is 5.82 Å². The third-order valence-electron chi connectivity index (χ3n) is 2.40. The Balaban J connectivity index is 3.17. The largest absolute Gasteiger partial charge is 0.496 e. The summed E-state index contributed by atoms with van der Waals surface area (Å²) in [6.45, 7) is 3.92. The monoisotopic (exact) mass is 212 g/mol. The van der Waals surface area contributed by atoms with Crippen LogP contribution in [0.3, 0.4) is 0 Å². The normalized spacial score (nSPS) is 10.8. The molecule has 15 heavy (non-hydrogen) atoms. The molecule has 0 radical (unpaired) electrons. The van der Waals surface area contributed by atoms with Crippen molar-refractivity contribution in [1.29, 1.82) is 0 Å². The van der Waals surface area contributed by atoms with Crippen LogP contribution in [0.15, 0.2) is 12.1 Å². The summed E-state index contributed by atoms with van der Waals surface area (Å²) < 4.78 is 18.6. The van der Waals surface area contributed by atoms with Gasteiger partial charge in [-0.2, -0.15) is 0 Å². The van der Waals surface area contributed by atoms with Crippen LogP contribution in [-0.4, -0.2) is 18.8 Å². The predicted octanol–water partition coefficient (Wildman–Crippen LogP) is 2.49. The first-order valence-electron chi connectivity index (χ1n) is 5.07. The Kier molecular flexibility index (Phi) is 4.09. The lowest BCUT2D eigenvalue weighted by molar-refractivity contribution is 0.296. The van der Waals surface area contributed by atoms with E-state index in [4.69, 9.17) is 9.84 Å². The van der Waals surface area contributed by atoms with Gasteiger partial charge in [0.1, 0.15) is 11.6 Å². The molecule has 0 aliphatic heterocycles. The van der Waals surface area contributed by atoms with Crippen LogP contribution in [0.1, 0.15) is 30.9 Å². The Morgan fingerprint density at radius 1 is 1.40 bits per heavy atom. The van der Waals surface area contributed by atoms with Crippen molar-refractivity contribution in [1.82, 2.24) is 0 Å². The zero-order chi connectivity index (χ0) is 11.4. The van der Waals surface area contributed by atoms with Crippen LogP contribution >= 0.6 is 0 Å². The van der Waals surface area contributed by atoms with Crippen molar-refractivity contribution in [2.45, 2.75) is 26.2 Å². The van der Waals surface area contributed by atoms with E-state index in [2.05, 4.69) is 0 Å². The SMILES string of the molecule is COc1cc(F)c(C(C)C)cc1CCO. The van der Waals surface area contributed by atoms with Crippen molar-refractivity contribution in [3.8, 4) is 5.75 Å². The molecule has 0 heterocycles. The van der Waals surface area contributed by atoms with Crippen molar-refractivity contribution in [3.63, 3.8) is 0 Å². The standard InChI is InChI=1S/C12H17FO2/c1-8(2)10-6-9(4-5-14)12(15-3)7-11(10)13/h6-8,14H,4-5H2,1-3H3. The summed E-state index contributed by atoms with van der Waals surface area (Å²) in [5.41, 5.74) is 1.52. The molecule has 0 fully saturated rings. The first-order chi connectivity index (χ1) is 7.10. The molecule has 0 aliphatic carbocycles. The van der Waals surface area contributed by atoms with Crippen molar-refractivity contribution in [3.05, 3.63) is 29.1 Å². The number of rotatable bonds is 4. The summed E-state index contributed by atoms with van der Waals surface area (Å²) in [7, 11) is 1.50. The molecule has 0 atom stereocenters. The molecule has 1 aromatic carbocycles. The fourth-order valence-electron chi connectivity index (χ4n) is 1.57. The van der Waals surface area contributed by atoms with Gasteiger partial charge in [0.2, 0.25) is 0 Å². The van der Waals surface area contributed by atoms with Gasteiger partial charge in [0, 0.05) is 12.7 Å². The molecule has 3 heteroatoms. The van der Waals surface area contributed by atoms with Crippen LogP contribution in [-0.2, 0) is 6.42 Å². The topological polar surface area (TPSA) is 29.5 Å². The molecule has 0 spiro atoms. The second-order valence-electron chi connectivity index (χ2n) is 3.81. The molecule has 0 saturated carbocycles. The molecule has 0 unspecified atom stereocenters. The van der Waals surface area contributed by atoms with Gasteiger partial charge in [-0.1, -0.05) is 13.8 Å². The lowest BCUT2D eigenvalue weighted by Gasteiger charge is -2.13. The van der Waals surface area contributed by atoms with Crippen LogP contribution in [0.2, 0.25) is 0 Å². The number of methoxy groups -OCH3 is 1. The predicted molar refractivity (Wildman–Crippen MR) is 57.8 cm³/mol. The minimum absolute atomic E-state index is 0.0412. The summed E-state index contributed by atoms with van der Waals surface area (Å²) in [5, 5.41) is 8.89. The van der Waals surface area contributed by atoms with E-state index < -0.39 is 0 Å². The van der Waals surface area contributed by atoms with Gasteiger partial charge < -0.3 is 9.84 Å². The summed E-state index contributed by atoms with van der Waals surface area (Å²) >= 11 is 0. The van der Waals surface area contributed by atoms with E-state index in [1.54, 1.807) is 6.07 Å². The average molecular weight is 212 g/mol. The van der Waals surface area contributed by atoms with Gasteiger partial charge in [-0.3, -0.25) is 0 Å². The molecule has 2 nitrogen and oxygen atoms in total. The van der Waals surface area contributed by atoms with Crippen LogP contribution in [0.5, 0.6) is 5.75 Å². The summed E-state index contributed by atoms with van der Waals surface area (Å²) in [5.74, 6) is 0.392. The van der Waals surface area contributed by atoms with Crippen molar-refractivity contribution >= 4 is 0 Å². The van der Waals surface area contributed by atoms with Crippen molar-refractivity contribution < 1.29 is 14.2 Å². The molecule has 0 aromatic heterocycles. The van der Waals surface area contributed by atoms with Crippen molar-refractivity contribution in [2.75, 3.05) is 13.7 Å². The molecule has 0 bridgehead atoms. The van der Waals surface area contributed by atoms with E-state index in [1.165, 1.54) is 13.2 Å². The molecule has 1 rings (SSSR count). The zero-order valence-electron chi connectivity index (χ0n) is 9.38. The molecule has 0 saturated heterocycles. The lowest BCUT2D eigenvalue weighted by atomic mass is 9.98. The Morgan fingerprint density at radius 3 is 2.53 bits per heavy atom. The van der Waals surface area contributed by atoms with Gasteiger partial charge >= 0.3 is 0 Å². The molecule has 1 N–H and O–H groups in total. The van der Waals surface area contributed by atoms with Crippen molar-refractivity contribution in [2.24, 2.45) is 0 Å². The summed E-state index contributed by atoms with van der Waals surface area (Å²) in [6, 6.07) is 3.16. The highest BCUT2D eigenvalue weighted by Crippen LogP contribution is 2.27. The molecule has 84 valence electrons. The Hall–Kier alpha value is -1.09. The minimum atomic E-state index is -0.247. The van der Waals surface area contributed by atoms with Crippen LogP contribution in [0.25, 0.3) is 0 Å². The molecule has 0 amide bonds. The molecular formula is C12H17FO2. The number of ether oxygens (including phenoxy) is 1. The van der Waals surface area contributed by atoms with Gasteiger partial charge in [-0.15, -0.1) is 0 Å². The zero-order valence-corrected chi connectivity index (χ0v) is 9.38. The number of aliphatic hydroxyl groups excluding tert-OH is 1. The Bertz CT molecular complexity index is 335. The third-order valence-corrected chi connectivity index (χ3v) is 2.40. The van der Waals surface area contributed by atoms with E-state index in [1.807, 2.05) is 13.8 Å². The van der Waals surface area contributed by atoms with E-state index in [-0.39, 0.29) is 18.3 Å². The van der Waals surface area contributed by atoms with Gasteiger partial charge in [-0.05, 0) is 29.5 Å². The number of aliphatic hydroxyl groups is 1. The first kappa shape index (κ1) is 12.0. The molecular weight excluding hydrogens is 195 g/mol. The van der Waals surface area contributed by atoms with Gasteiger partial charge in [0.15, 0.2) is 0 Å². The number of benzene rings is 1. The average Bonchev–Trinajstić information content (AvgIpc) is 2.20. The summed E-state index contributed by atoms with van der Waals surface area (Å²) in [6.07, 6.45) is 0.489. The number of hydrogen-bond donors (Lipinski definition) is 1. The Labute approximate surface area is 89.7 Å². The fourth-order valence-corrected chi connectivity index (χ4v) is 1.57. The van der Waals surface area contributed by atoms with Gasteiger partial charge in [0.05, 0.1) is 7.11 Å². The Morgan fingerprint density at radius 2 is 2.07 bits per heavy atom. The maximum Gasteiger partial charge on any atom is 0.130 e. The number of hydrogen-bond acceptors (Lipinski definition) is 2. The smallest absolute Gasteiger partial charge is 0.130 e. The summed E-state index contributed by atoms with van der Waals surface area (Å²) in [4.78, 5) is 0. The maximum absolute atomic E-state index is 13.6. The second-order valence-corrected chi connectivity index (χ2v) is 3.81. The third kappa shape index (κ3) is 2.69. The van der Waals surface area contributed by atoms with Crippen LogP contribution in [0.4, 0.5) is 4.39 Å². The molecule has 0 aliphatic rings. The number of halogens is 1. The van der Waals surface area contributed by atoms with Gasteiger partial charge in [0.25, 0.3) is 0 Å². The second kappa shape index (κ2) is 5.12. The van der Waals surface area contributed by atoms with Gasteiger partial charge in [-0.25, -0.2) is 4.39 Å². The highest BCUT2D eigenvalue weighted by atomic mass is 19.1. The quantitative estimate of drug-likeness (QED) is 0.830. The minimum Gasteiger partial charge on any atom is -0.496 e. The fraction of sp³-hybridized carbons (Fsp3) is 0.500.